The maximum Gasteiger partial charge on any atom is 0.313 e. The number of nitrogens with zero attached hydrogens (tertiary/aromatic N) is 2. The van der Waals surface area contributed by atoms with Crippen LogP contribution in [0, 0.1) is 0 Å². The van der Waals surface area contributed by atoms with Crippen molar-refractivity contribution in [1.29, 1.82) is 0 Å². The molecule has 0 saturated carbocycles. The lowest BCUT2D eigenvalue weighted by molar-refractivity contribution is -0.134. The number of carbonyl (C=O) groups excluding carboxylic acids is 1. The molecule has 0 aliphatic rings. The molecule has 3 aromatic rings. The maximum atomic E-state index is 12.3. The van der Waals surface area contributed by atoms with E-state index in [0.717, 1.165) is 0 Å². The Morgan fingerprint density at radius 2 is 2.04 bits per heavy atom. The number of carbonyl (C=O) groups is 1. The summed E-state index contributed by atoms with van der Waals surface area (Å²) in [6.45, 7) is 0.195. The molecule has 24 heavy (non-hydrogen) atoms. The van der Waals surface area contributed by atoms with E-state index in [0.29, 0.717) is 26.1 Å². The van der Waals surface area contributed by atoms with Gasteiger partial charge in [0.1, 0.15) is 5.75 Å². The Balaban J connectivity index is 1.70. The van der Waals surface area contributed by atoms with Crippen LogP contribution in [0.5, 0.6) is 5.75 Å². The Morgan fingerprint density at radius 1 is 1.25 bits per heavy atom. The van der Waals surface area contributed by atoms with Crippen molar-refractivity contribution in [2.24, 2.45) is 0 Å². The topological polar surface area (TPSA) is 61.2 Å². The Bertz CT molecular complexity index is 971. The van der Waals surface area contributed by atoms with Crippen LogP contribution in [0.2, 0.25) is 5.02 Å². The Hall–Kier alpha value is -2.18. The summed E-state index contributed by atoms with van der Waals surface area (Å²) in [7, 11) is 0. The Morgan fingerprint density at radius 3 is 2.83 bits per heavy atom. The second-order valence-electron chi connectivity index (χ2n) is 5.06. The molecule has 0 spiro atoms. The van der Waals surface area contributed by atoms with E-state index in [-0.39, 0.29) is 18.5 Å². The van der Waals surface area contributed by atoms with E-state index in [1.165, 1.54) is 10.9 Å². The van der Waals surface area contributed by atoms with Gasteiger partial charge in [0.15, 0.2) is 0 Å². The summed E-state index contributed by atoms with van der Waals surface area (Å²) in [5.74, 6) is -0.0635. The molecule has 0 aliphatic heterocycles. The van der Waals surface area contributed by atoms with Gasteiger partial charge in [0.05, 0.1) is 28.1 Å². The molecule has 2 aromatic carbocycles. The molecule has 0 aliphatic carbocycles. The Kier molecular flexibility index (Phi) is 4.97. The summed E-state index contributed by atoms with van der Waals surface area (Å²) in [4.78, 5) is 28.5. The second kappa shape index (κ2) is 7.15. The summed E-state index contributed by atoms with van der Waals surface area (Å²) in [5, 5.41) is 1.06. The number of aromatic nitrogens is 2. The van der Waals surface area contributed by atoms with Gasteiger partial charge in [-0.1, -0.05) is 23.7 Å². The van der Waals surface area contributed by atoms with E-state index in [9.17, 15) is 9.59 Å². The third kappa shape index (κ3) is 3.66. The van der Waals surface area contributed by atoms with Crippen molar-refractivity contribution in [1.82, 2.24) is 9.55 Å². The summed E-state index contributed by atoms with van der Waals surface area (Å²) in [6, 6.07) is 12.0. The molecule has 1 heterocycles. The normalized spacial score (nSPS) is 10.8. The summed E-state index contributed by atoms with van der Waals surface area (Å²) < 4.78 is 7.26. The molecule has 0 radical (unpaired) electrons. The maximum absolute atomic E-state index is 12.3. The zero-order valence-electron chi connectivity index (χ0n) is 12.4. The van der Waals surface area contributed by atoms with Crippen LogP contribution in [0.4, 0.5) is 0 Å². The zero-order valence-corrected chi connectivity index (χ0v) is 14.8. The van der Waals surface area contributed by atoms with E-state index < -0.39 is 5.97 Å². The molecule has 0 amide bonds. The van der Waals surface area contributed by atoms with Crippen LogP contribution in [-0.4, -0.2) is 15.5 Å². The van der Waals surface area contributed by atoms with Crippen molar-refractivity contribution >= 4 is 44.4 Å². The highest BCUT2D eigenvalue weighted by Gasteiger charge is 2.10. The van der Waals surface area contributed by atoms with E-state index in [4.69, 9.17) is 16.3 Å². The predicted molar refractivity (Wildman–Crippen MR) is 95.4 cm³/mol. The lowest BCUT2D eigenvalue weighted by atomic mass is 10.2. The second-order valence-corrected chi connectivity index (χ2v) is 6.35. The van der Waals surface area contributed by atoms with Crippen molar-refractivity contribution < 1.29 is 9.53 Å². The van der Waals surface area contributed by atoms with Gasteiger partial charge in [-0.2, -0.15) is 0 Å². The molecule has 122 valence electrons. The first-order chi connectivity index (χ1) is 11.5. The first-order valence-electron chi connectivity index (χ1n) is 7.14. The predicted octanol–water partition coefficient (Wildman–Crippen LogP) is 3.81. The van der Waals surface area contributed by atoms with Crippen LogP contribution in [0.1, 0.15) is 6.42 Å². The minimum Gasteiger partial charge on any atom is -0.425 e. The molecule has 3 rings (SSSR count). The van der Waals surface area contributed by atoms with Gasteiger partial charge in [0, 0.05) is 11.6 Å². The average molecular weight is 408 g/mol. The van der Waals surface area contributed by atoms with Gasteiger partial charge in [-0.3, -0.25) is 14.2 Å². The molecule has 0 N–H and O–H groups in total. The number of fused-ring (bicyclic) bond motifs is 1. The van der Waals surface area contributed by atoms with Crippen LogP contribution >= 0.6 is 27.5 Å². The van der Waals surface area contributed by atoms with Gasteiger partial charge in [-0.25, -0.2) is 4.98 Å². The highest BCUT2D eigenvalue weighted by atomic mass is 79.9. The van der Waals surface area contributed by atoms with Crippen molar-refractivity contribution in [2.45, 2.75) is 13.0 Å². The molecule has 0 atom stereocenters. The quantitative estimate of drug-likeness (QED) is 0.487. The van der Waals surface area contributed by atoms with Gasteiger partial charge < -0.3 is 4.74 Å². The third-order valence-electron chi connectivity index (χ3n) is 3.41. The molecular formula is C17H12BrClN2O3. The van der Waals surface area contributed by atoms with Crippen LogP contribution < -0.4 is 10.3 Å². The van der Waals surface area contributed by atoms with Crippen LogP contribution in [0.3, 0.4) is 0 Å². The zero-order chi connectivity index (χ0) is 17.1. The molecule has 0 bridgehead atoms. The van der Waals surface area contributed by atoms with Crippen LogP contribution in [-0.2, 0) is 11.3 Å². The van der Waals surface area contributed by atoms with Crippen molar-refractivity contribution in [2.75, 3.05) is 0 Å². The number of ether oxygens (including phenoxy) is 1. The Labute approximate surface area is 151 Å². The number of aryl methyl sites for hydroxylation is 1. The minimum absolute atomic E-state index is 0.0506. The molecule has 7 heteroatoms. The van der Waals surface area contributed by atoms with Crippen molar-refractivity contribution in [3.05, 3.63) is 68.6 Å². The summed E-state index contributed by atoms with van der Waals surface area (Å²) in [6.07, 6.45) is 1.49. The van der Waals surface area contributed by atoms with Gasteiger partial charge in [0.25, 0.3) is 5.56 Å². The van der Waals surface area contributed by atoms with Gasteiger partial charge in [0.2, 0.25) is 0 Å². The monoisotopic (exact) mass is 406 g/mol. The highest BCUT2D eigenvalue weighted by molar-refractivity contribution is 9.10. The fourth-order valence-electron chi connectivity index (χ4n) is 2.21. The van der Waals surface area contributed by atoms with Crippen LogP contribution in [0.15, 0.2) is 58.1 Å². The molecular weight excluding hydrogens is 396 g/mol. The first-order valence-corrected chi connectivity index (χ1v) is 8.31. The van der Waals surface area contributed by atoms with Crippen molar-refractivity contribution in [3.63, 3.8) is 0 Å². The standard InChI is InChI=1S/C17H12BrClN2O3/c18-13-9-11(19)5-6-15(13)24-16(22)7-8-21-10-20-14-4-2-1-3-12(14)17(21)23/h1-6,9-10H,7-8H2. The largest absolute Gasteiger partial charge is 0.425 e. The number of benzene rings is 2. The fourth-order valence-corrected chi connectivity index (χ4v) is 2.97. The number of para-hydroxylation sites is 1. The number of esters is 1. The molecule has 0 saturated heterocycles. The van der Waals surface area contributed by atoms with E-state index in [1.54, 1.807) is 36.4 Å². The van der Waals surface area contributed by atoms with Gasteiger partial charge >= 0.3 is 5.97 Å². The molecule has 0 unspecified atom stereocenters. The first kappa shape index (κ1) is 16.7. The number of hydrogen-bond acceptors (Lipinski definition) is 4. The summed E-state index contributed by atoms with van der Waals surface area (Å²) in [5.41, 5.74) is 0.451. The lowest BCUT2D eigenvalue weighted by Crippen LogP contribution is -2.23. The van der Waals surface area contributed by atoms with Gasteiger partial charge in [-0.15, -0.1) is 0 Å². The van der Waals surface area contributed by atoms with E-state index >= 15 is 0 Å². The lowest BCUT2D eigenvalue weighted by Gasteiger charge is -2.08. The molecule has 1 aromatic heterocycles. The SMILES string of the molecule is O=C(CCn1cnc2ccccc2c1=O)Oc1ccc(Cl)cc1Br. The van der Waals surface area contributed by atoms with Crippen molar-refractivity contribution in [3.8, 4) is 5.75 Å². The molecule has 5 nitrogen and oxygen atoms in total. The van der Waals surface area contributed by atoms with Crippen LogP contribution in [0.25, 0.3) is 10.9 Å². The van der Waals surface area contributed by atoms with E-state index in [2.05, 4.69) is 20.9 Å². The minimum atomic E-state index is -0.446. The van der Waals surface area contributed by atoms with E-state index in [1.807, 2.05) is 6.07 Å². The third-order valence-corrected chi connectivity index (χ3v) is 4.26. The fraction of sp³-hybridized carbons (Fsp3) is 0.118. The number of hydrogen-bond donors (Lipinski definition) is 0. The molecule has 0 fully saturated rings. The number of halogens is 2. The number of rotatable bonds is 4. The smallest absolute Gasteiger partial charge is 0.313 e. The average Bonchev–Trinajstić information content (AvgIpc) is 2.57. The summed E-state index contributed by atoms with van der Waals surface area (Å²) >= 11 is 9.13. The highest BCUT2D eigenvalue weighted by Crippen LogP contribution is 2.28. The van der Waals surface area contributed by atoms with Gasteiger partial charge in [-0.05, 0) is 46.3 Å².